The van der Waals surface area contributed by atoms with Gasteiger partial charge in [-0.2, -0.15) is 0 Å². The summed E-state index contributed by atoms with van der Waals surface area (Å²) in [7, 11) is 1.15. The van der Waals surface area contributed by atoms with Gasteiger partial charge in [-0.25, -0.2) is 9.78 Å². The summed E-state index contributed by atoms with van der Waals surface area (Å²) in [5, 5.41) is 8.53. The molecule has 0 aliphatic carbocycles. The van der Waals surface area contributed by atoms with E-state index in [1.165, 1.54) is 12.3 Å². The molecule has 0 bridgehead atoms. The van der Waals surface area contributed by atoms with Crippen molar-refractivity contribution in [2.24, 2.45) is 0 Å². The number of rotatable bonds is 4. The number of carbonyl (C=O) groups is 3. The van der Waals surface area contributed by atoms with Crippen LogP contribution in [0.2, 0.25) is 0 Å². The van der Waals surface area contributed by atoms with Crippen molar-refractivity contribution in [1.82, 2.24) is 4.98 Å². The Morgan fingerprint density at radius 1 is 1.47 bits per heavy atom. The van der Waals surface area contributed by atoms with E-state index >= 15 is 0 Å². The first kappa shape index (κ1) is 13.3. The van der Waals surface area contributed by atoms with Gasteiger partial charge in [0.1, 0.15) is 6.42 Å². The Kier molecular flexibility index (Phi) is 4.33. The maximum Gasteiger partial charge on any atom is 0.357 e. The first-order chi connectivity index (χ1) is 7.95. The number of methoxy groups -OCH3 is 1. The zero-order chi connectivity index (χ0) is 13.0. The Hall–Kier alpha value is -1.76. The zero-order valence-corrected chi connectivity index (χ0v) is 10.4. The lowest BCUT2D eigenvalue weighted by molar-refractivity contribution is -0.135. The number of ether oxygens (including phenoxy) is 1. The van der Waals surface area contributed by atoms with Gasteiger partial charge in [0.15, 0.2) is 11.5 Å². The van der Waals surface area contributed by atoms with Gasteiger partial charge in [-0.05, 0) is 22.0 Å². The van der Waals surface area contributed by atoms with Gasteiger partial charge in [-0.3, -0.25) is 9.59 Å². The van der Waals surface area contributed by atoms with Crippen molar-refractivity contribution in [1.29, 1.82) is 0 Å². The van der Waals surface area contributed by atoms with Crippen LogP contribution in [0.3, 0.4) is 0 Å². The van der Waals surface area contributed by atoms with Gasteiger partial charge < -0.3 is 9.84 Å². The average Bonchev–Trinajstić information content (AvgIpc) is 2.27. The minimum absolute atomic E-state index is 0.0753. The van der Waals surface area contributed by atoms with E-state index in [0.717, 1.165) is 7.11 Å². The lowest BCUT2D eigenvalue weighted by Crippen LogP contribution is -2.15. The van der Waals surface area contributed by atoms with Crippen LogP contribution in [0.5, 0.6) is 0 Å². The van der Waals surface area contributed by atoms with Crippen molar-refractivity contribution in [3.05, 3.63) is 28.0 Å². The fourth-order valence-electron chi connectivity index (χ4n) is 1.14. The quantitative estimate of drug-likeness (QED) is 0.511. The molecule has 1 aromatic rings. The maximum absolute atomic E-state index is 11.6. The number of ketones is 1. The summed E-state index contributed by atoms with van der Waals surface area (Å²) in [5.41, 5.74) is -0.268. The van der Waals surface area contributed by atoms with E-state index in [-0.39, 0.29) is 11.3 Å². The number of hydrogen-bond donors (Lipinski definition) is 1. The highest BCUT2D eigenvalue weighted by molar-refractivity contribution is 9.10. The van der Waals surface area contributed by atoms with Gasteiger partial charge in [-0.1, -0.05) is 0 Å². The highest BCUT2D eigenvalue weighted by atomic mass is 79.9. The Morgan fingerprint density at radius 2 is 2.12 bits per heavy atom. The number of aromatic nitrogens is 1. The summed E-state index contributed by atoms with van der Waals surface area (Å²) in [5.74, 6) is -2.76. The normalized spacial score (nSPS) is 9.76. The van der Waals surface area contributed by atoms with Crippen molar-refractivity contribution in [3.63, 3.8) is 0 Å². The first-order valence-corrected chi connectivity index (χ1v) is 5.24. The molecule has 1 N–H and O–H groups in total. The second-order valence-corrected chi connectivity index (χ2v) is 3.95. The fourth-order valence-corrected chi connectivity index (χ4v) is 1.48. The van der Waals surface area contributed by atoms with Gasteiger partial charge in [0.05, 0.1) is 12.7 Å². The maximum atomic E-state index is 11.6. The second-order valence-electron chi connectivity index (χ2n) is 3.03. The van der Waals surface area contributed by atoms with Crippen LogP contribution >= 0.6 is 15.9 Å². The molecule has 0 spiro atoms. The summed E-state index contributed by atoms with van der Waals surface area (Å²) < 4.78 is 4.93. The second kappa shape index (κ2) is 5.53. The third kappa shape index (κ3) is 3.35. The van der Waals surface area contributed by atoms with Crippen LogP contribution in [0.1, 0.15) is 27.3 Å². The number of Topliss-reactive ketones (excluding diaryl/α,β-unsaturated/α-hetero) is 1. The number of carboxylic acids is 1. The fraction of sp³-hybridized carbons (Fsp3) is 0.200. The van der Waals surface area contributed by atoms with E-state index in [4.69, 9.17) is 5.11 Å². The molecule has 0 radical (unpaired) electrons. The Labute approximate surface area is 105 Å². The van der Waals surface area contributed by atoms with E-state index in [2.05, 4.69) is 25.7 Å². The molecule has 0 atom stereocenters. The number of halogens is 1. The minimum atomic E-state index is -1.27. The number of nitrogens with zero attached hydrogens (tertiary/aromatic N) is 1. The molecule has 1 aromatic heterocycles. The molecule has 0 amide bonds. The van der Waals surface area contributed by atoms with Crippen molar-refractivity contribution in [2.45, 2.75) is 6.42 Å². The molecular formula is C10H8BrNO5. The summed E-state index contributed by atoms with van der Waals surface area (Å²) in [6.45, 7) is 0. The lowest BCUT2D eigenvalue weighted by Gasteiger charge is -2.05. The van der Waals surface area contributed by atoms with Crippen LogP contribution in [0, 0.1) is 0 Å². The van der Waals surface area contributed by atoms with E-state index in [9.17, 15) is 14.4 Å². The molecule has 0 aliphatic heterocycles. The van der Waals surface area contributed by atoms with Crippen LogP contribution in [0.15, 0.2) is 16.7 Å². The Morgan fingerprint density at radius 3 is 2.65 bits per heavy atom. The standard InChI is InChI=1S/C10H8BrNO5/c1-17-10(16)9-6(2-5(11)4-12-9)7(13)3-8(14)15/h2,4H,3H2,1H3,(H,14,15). The summed E-state index contributed by atoms with van der Waals surface area (Å²) in [4.78, 5) is 37.1. The number of hydrogen-bond acceptors (Lipinski definition) is 5. The van der Waals surface area contributed by atoms with Crippen LogP contribution in [0.4, 0.5) is 0 Å². The van der Waals surface area contributed by atoms with Crippen LogP contribution < -0.4 is 0 Å². The lowest BCUT2D eigenvalue weighted by atomic mass is 10.1. The van der Waals surface area contributed by atoms with Gasteiger partial charge in [0.2, 0.25) is 0 Å². The Balaban J connectivity index is 3.19. The molecule has 0 unspecified atom stereocenters. The number of pyridine rings is 1. The van der Waals surface area contributed by atoms with Crippen molar-refractivity contribution < 1.29 is 24.2 Å². The monoisotopic (exact) mass is 301 g/mol. The first-order valence-electron chi connectivity index (χ1n) is 4.44. The van der Waals surface area contributed by atoms with Gasteiger partial charge in [0, 0.05) is 10.7 Å². The molecule has 0 aliphatic rings. The molecule has 0 saturated carbocycles. The molecule has 0 fully saturated rings. The summed E-state index contributed by atoms with van der Waals surface area (Å²) >= 11 is 3.09. The number of carboxylic acid groups (broad SMARTS) is 1. The predicted molar refractivity (Wildman–Crippen MR) is 59.9 cm³/mol. The minimum Gasteiger partial charge on any atom is -0.481 e. The zero-order valence-electron chi connectivity index (χ0n) is 8.77. The topological polar surface area (TPSA) is 93.6 Å². The molecule has 7 heteroatoms. The van der Waals surface area contributed by atoms with Crippen LogP contribution in [-0.4, -0.2) is 34.9 Å². The van der Waals surface area contributed by atoms with Gasteiger partial charge in [-0.15, -0.1) is 0 Å². The predicted octanol–water partition coefficient (Wildman–Crippen LogP) is 1.29. The third-order valence-corrected chi connectivity index (χ3v) is 2.28. The van der Waals surface area contributed by atoms with Crippen molar-refractivity contribution in [2.75, 3.05) is 7.11 Å². The smallest absolute Gasteiger partial charge is 0.357 e. The Bertz CT molecular complexity index is 486. The SMILES string of the molecule is COC(=O)c1ncc(Br)cc1C(=O)CC(=O)O. The number of aliphatic carboxylic acids is 1. The van der Waals surface area contributed by atoms with Crippen molar-refractivity contribution >= 4 is 33.7 Å². The van der Waals surface area contributed by atoms with Crippen molar-refractivity contribution in [3.8, 4) is 0 Å². The van der Waals surface area contributed by atoms with Gasteiger partial charge in [0.25, 0.3) is 0 Å². The highest BCUT2D eigenvalue weighted by Crippen LogP contribution is 2.16. The van der Waals surface area contributed by atoms with E-state index in [1.54, 1.807) is 0 Å². The molecule has 17 heavy (non-hydrogen) atoms. The third-order valence-electron chi connectivity index (χ3n) is 1.85. The largest absolute Gasteiger partial charge is 0.481 e. The van der Waals surface area contributed by atoms with E-state index in [1.807, 2.05) is 0 Å². The van der Waals surface area contributed by atoms with Crippen LogP contribution in [0.25, 0.3) is 0 Å². The molecule has 1 heterocycles. The molecule has 6 nitrogen and oxygen atoms in total. The summed E-state index contributed by atoms with van der Waals surface area (Å²) in [6.07, 6.45) is 0.617. The number of esters is 1. The molecule has 90 valence electrons. The van der Waals surface area contributed by atoms with Gasteiger partial charge >= 0.3 is 11.9 Å². The highest BCUT2D eigenvalue weighted by Gasteiger charge is 2.21. The molecule has 0 saturated heterocycles. The summed E-state index contributed by atoms with van der Waals surface area (Å²) in [6, 6.07) is 1.34. The van der Waals surface area contributed by atoms with Crippen LogP contribution in [-0.2, 0) is 9.53 Å². The molecular weight excluding hydrogens is 294 g/mol. The molecule has 0 aromatic carbocycles. The molecule has 1 rings (SSSR count). The average molecular weight is 302 g/mol. The van der Waals surface area contributed by atoms with E-state index < -0.39 is 24.1 Å². The van der Waals surface area contributed by atoms with E-state index in [0.29, 0.717) is 4.47 Å². The number of carbonyl (C=O) groups excluding carboxylic acids is 2.